The van der Waals surface area contributed by atoms with Gasteiger partial charge >= 0.3 is 0 Å². The van der Waals surface area contributed by atoms with Gasteiger partial charge in [-0.3, -0.25) is 0 Å². The normalized spacial score (nSPS) is 27.1. The second-order valence-electron chi connectivity index (χ2n) is 14.1. The molecule has 1 rings (SSSR count). The van der Waals surface area contributed by atoms with Crippen LogP contribution in [0.25, 0.3) is 0 Å². The van der Waals surface area contributed by atoms with Crippen LogP contribution in [0.5, 0.6) is 0 Å². The van der Waals surface area contributed by atoms with E-state index in [2.05, 4.69) is 109 Å². The minimum Gasteiger partial charge on any atom is -0.414 e. The van der Waals surface area contributed by atoms with Gasteiger partial charge in [-0.1, -0.05) is 62.3 Å². The predicted molar refractivity (Wildman–Crippen MR) is 144 cm³/mol. The smallest absolute Gasteiger partial charge is 0.192 e. The van der Waals surface area contributed by atoms with Crippen LogP contribution in [0.1, 0.15) is 62.3 Å². The molecule has 4 atom stereocenters. The third kappa shape index (κ3) is 7.02. The maximum atomic E-state index is 7.01. The standard InChI is InChI=1S/C23H53BO4Si3/c1-21(2,3)29(10,11)25-16-17-18(27-30(12,13)22(4,5)6)19(20(24)26-17)28-31(14,15)23(7,8)9/h17-20H,16,24H2,1-15H3/t17-,18-,19-,20-/m1/s1. The van der Waals surface area contributed by atoms with Crippen molar-refractivity contribution in [2.75, 3.05) is 6.61 Å². The molecule has 0 unspecified atom stereocenters. The lowest BCUT2D eigenvalue weighted by molar-refractivity contribution is 0.000561. The molecule has 0 aromatic carbocycles. The first-order chi connectivity index (χ1) is 13.4. The van der Waals surface area contributed by atoms with E-state index in [-0.39, 0.29) is 39.4 Å². The van der Waals surface area contributed by atoms with E-state index in [0.717, 1.165) is 0 Å². The van der Waals surface area contributed by atoms with E-state index in [0.29, 0.717) is 6.61 Å². The van der Waals surface area contributed by atoms with Gasteiger partial charge < -0.3 is 18.0 Å². The Morgan fingerprint density at radius 3 is 1.35 bits per heavy atom. The van der Waals surface area contributed by atoms with Crippen molar-refractivity contribution in [2.24, 2.45) is 0 Å². The molecule has 4 nitrogen and oxygen atoms in total. The predicted octanol–water partition coefficient (Wildman–Crippen LogP) is 6.15. The Balaban J connectivity index is 3.22. The third-order valence-corrected chi connectivity index (χ3v) is 21.9. The Kier molecular flexibility index (Phi) is 8.88. The van der Waals surface area contributed by atoms with Gasteiger partial charge in [0, 0.05) is 0 Å². The first kappa shape index (κ1) is 29.6. The fraction of sp³-hybridized carbons (Fsp3) is 1.00. The molecule has 0 aromatic rings. The zero-order valence-electron chi connectivity index (χ0n) is 23.6. The van der Waals surface area contributed by atoms with Gasteiger partial charge in [-0.2, -0.15) is 0 Å². The van der Waals surface area contributed by atoms with Crippen molar-refractivity contribution in [3.63, 3.8) is 0 Å². The first-order valence-electron chi connectivity index (χ1n) is 12.1. The minimum absolute atomic E-state index is 0.00286. The molecule has 0 N–H and O–H groups in total. The summed E-state index contributed by atoms with van der Waals surface area (Å²) in [7, 11) is -3.70. The van der Waals surface area contributed by atoms with E-state index in [1.54, 1.807) is 0 Å². The molecule has 1 aliphatic rings. The van der Waals surface area contributed by atoms with Crippen molar-refractivity contribution in [1.82, 2.24) is 0 Å². The summed E-state index contributed by atoms with van der Waals surface area (Å²) in [6.07, 6.45) is -0.231. The molecule has 0 saturated carbocycles. The van der Waals surface area contributed by atoms with Gasteiger partial charge in [0.15, 0.2) is 25.0 Å². The largest absolute Gasteiger partial charge is 0.414 e. The molecular formula is C23H53BO4Si3. The lowest BCUT2D eigenvalue weighted by Gasteiger charge is -2.44. The molecule has 0 amide bonds. The first-order valence-corrected chi connectivity index (χ1v) is 20.8. The van der Waals surface area contributed by atoms with E-state index >= 15 is 0 Å². The van der Waals surface area contributed by atoms with Crippen molar-refractivity contribution in [2.45, 2.75) is 141 Å². The summed E-state index contributed by atoms with van der Waals surface area (Å²) in [5.74, 6) is 0. The van der Waals surface area contributed by atoms with Gasteiger partial charge in [0.25, 0.3) is 0 Å². The topological polar surface area (TPSA) is 36.9 Å². The van der Waals surface area contributed by atoms with E-state index in [9.17, 15) is 0 Å². The van der Waals surface area contributed by atoms with Crippen LogP contribution in [0.15, 0.2) is 0 Å². The van der Waals surface area contributed by atoms with Crippen LogP contribution in [0.4, 0.5) is 0 Å². The van der Waals surface area contributed by atoms with Gasteiger partial charge in [-0.25, -0.2) is 0 Å². The molecule has 1 heterocycles. The van der Waals surface area contributed by atoms with Crippen LogP contribution in [0.2, 0.25) is 54.4 Å². The number of hydrogen-bond acceptors (Lipinski definition) is 4. The van der Waals surface area contributed by atoms with E-state index in [4.69, 9.17) is 18.0 Å². The number of hydrogen-bond donors (Lipinski definition) is 0. The fourth-order valence-corrected chi connectivity index (χ4v) is 6.58. The fourth-order valence-electron chi connectivity index (χ4n) is 2.89. The summed E-state index contributed by atoms with van der Waals surface area (Å²) >= 11 is 0. The maximum Gasteiger partial charge on any atom is 0.192 e. The summed E-state index contributed by atoms with van der Waals surface area (Å²) < 4.78 is 27.1. The molecule has 0 aromatic heterocycles. The highest BCUT2D eigenvalue weighted by atomic mass is 28.4. The third-order valence-electron chi connectivity index (χ3n) is 8.43. The Labute approximate surface area is 198 Å². The zero-order chi connectivity index (χ0) is 24.8. The van der Waals surface area contributed by atoms with E-state index in [1.807, 2.05) is 0 Å². The van der Waals surface area contributed by atoms with Crippen molar-refractivity contribution < 1.29 is 18.0 Å². The molecule has 31 heavy (non-hydrogen) atoms. The van der Waals surface area contributed by atoms with Crippen molar-refractivity contribution in [1.29, 1.82) is 0 Å². The molecule has 0 radical (unpaired) electrons. The SMILES string of the molecule is B[C@@H]1O[C@H](CO[Si](C)(C)C(C)(C)C)[C@@H](O[Si](C)(C)C(C)(C)C)[C@H]1O[Si](C)(C)C(C)(C)C. The highest BCUT2D eigenvalue weighted by Gasteiger charge is 2.52. The maximum absolute atomic E-state index is 7.01. The summed E-state index contributed by atoms with van der Waals surface area (Å²) in [5, 5.41) is 0.444. The van der Waals surface area contributed by atoms with E-state index < -0.39 is 25.0 Å². The molecule has 1 saturated heterocycles. The van der Waals surface area contributed by atoms with Crippen LogP contribution in [-0.2, 0) is 18.0 Å². The van der Waals surface area contributed by atoms with Gasteiger partial charge in [0.2, 0.25) is 0 Å². The van der Waals surface area contributed by atoms with E-state index in [1.165, 1.54) is 0 Å². The Morgan fingerprint density at radius 1 is 0.645 bits per heavy atom. The lowest BCUT2D eigenvalue weighted by atomic mass is 9.93. The Bertz CT molecular complexity index is 603. The van der Waals surface area contributed by atoms with Gasteiger partial charge in [0.05, 0.1) is 18.7 Å². The number of rotatable bonds is 7. The quantitative estimate of drug-likeness (QED) is 0.403. The van der Waals surface area contributed by atoms with Crippen molar-refractivity contribution in [3.05, 3.63) is 0 Å². The minimum atomic E-state index is -2.00. The summed E-state index contributed by atoms with van der Waals surface area (Å²) in [5.41, 5.74) is 0. The highest BCUT2D eigenvalue weighted by molar-refractivity contribution is 6.75. The van der Waals surface area contributed by atoms with Gasteiger partial charge in [-0.05, 0) is 54.4 Å². The molecule has 1 aliphatic heterocycles. The van der Waals surface area contributed by atoms with Crippen LogP contribution in [-0.4, -0.2) is 63.7 Å². The second kappa shape index (κ2) is 9.31. The summed E-state index contributed by atoms with van der Waals surface area (Å²) in [6.45, 7) is 35.1. The monoisotopic (exact) mass is 488 g/mol. The average molecular weight is 489 g/mol. The second-order valence-corrected chi connectivity index (χ2v) is 28.5. The van der Waals surface area contributed by atoms with Gasteiger partial charge in [-0.15, -0.1) is 0 Å². The van der Waals surface area contributed by atoms with Crippen LogP contribution >= 0.6 is 0 Å². The van der Waals surface area contributed by atoms with Crippen molar-refractivity contribution in [3.8, 4) is 0 Å². The van der Waals surface area contributed by atoms with Crippen LogP contribution < -0.4 is 0 Å². The molecule has 0 spiro atoms. The molecule has 184 valence electrons. The lowest BCUT2D eigenvalue weighted by Crippen LogP contribution is -2.55. The molecule has 0 bridgehead atoms. The number of ether oxygens (including phenoxy) is 1. The molecular weight excluding hydrogens is 435 g/mol. The molecule has 0 aliphatic carbocycles. The zero-order valence-corrected chi connectivity index (χ0v) is 26.6. The van der Waals surface area contributed by atoms with Crippen LogP contribution in [0.3, 0.4) is 0 Å². The van der Waals surface area contributed by atoms with Crippen molar-refractivity contribution >= 4 is 32.8 Å². The Hall–Kier alpha value is 0.556. The Morgan fingerprint density at radius 2 is 1.00 bits per heavy atom. The summed E-state index contributed by atoms with van der Waals surface area (Å²) in [4.78, 5) is 0. The molecule has 1 fully saturated rings. The van der Waals surface area contributed by atoms with Crippen LogP contribution in [0, 0.1) is 0 Å². The molecule has 8 heteroatoms. The average Bonchev–Trinajstić information content (AvgIpc) is 2.77. The van der Waals surface area contributed by atoms with Gasteiger partial charge in [0.1, 0.15) is 20.1 Å². The summed E-state index contributed by atoms with van der Waals surface area (Å²) in [6, 6.07) is -0.00286. The highest BCUT2D eigenvalue weighted by Crippen LogP contribution is 2.44.